The number of anilines is 2. The number of hydrogen-bond acceptors (Lipinski definition) is 4. The molecule has 0 bridgehead atoms. The van der Waals surface area contributed by atoms with E-state index < -0.39 is 22.5 Å². The van der Waals surface area contributed by atoms with E-state index in [9.17, 15) is 18.0 Å². The van der Waals surface area contributed by atoms with Crippen LogP contribution in [0.25, 0.3) is 0 Å². The van der Waals surface area contributed by atoms with Crippen molar-refractivity contribution >= 4 is 33.1 Å². The maximum atomic E-state index is 12.9. The van der Waals surface area contributed by atoms with Crippen LogP contribution in [0.5, 0.6) is 0 Å². The first-order valence-corrected chi connectivity index (χ1v) is 11.6. The van der Waals surface area contributed by atoms with Crippen LogP contribution in [0.3, 0.4) is 0 Å². The number of nitrogens with one attached hydrogen (secondary N) is 1. The Morgan fingerprint density at radius 2 is 1.55 bits per heavy atom. The number of carbonyl (C=O) groups excluding carboxylic acids is 2. The number of rotatable bonds is 7. The van der Waals surface area contributed by atoms with Crippen LogP contribution in [0, 0.1) is 13.8 Å². The van der Waals surface area contributed by atoms with Gasteiger partial charge in [-0.1, -0.05) is 60.2 Å². The van der Waals surface area contributed by atoms with E-state index in [0.717, 1.165) is 21.7 Å². The van der Waals surface area contributed by atoms with Gasteiger partial charge in [-0.2, -0.15) is 0 Å². The number of nitrogens with zero attached hydrogens (tertiary/aromatic N) is 1. The van der Waals surface area contributed by atoms with Crippen LogP contribution >= 0.6 is 0 Å². The minimum Gasteiger partial charge on any atom is -0.324 e. The van der Waals surface area contributed by atoms with E-state index in [1.807, 2.05) is 19.1 Å². The minimum atomic E-state index is -3.70. The molecule has 0 aromatic heterocycles. The smallest absolute Gasteiger partial charge is 0.245 e. The Bertz CT molecular complexity index is 1220. The van der Waals surface area contributed by atoms with Gasteiger partial charge < -0.3 is 5.32 Å². The van der Waals surface area contributed by atoms with Gasteiger partial charge in [0, 0.05) is 11.1 Å². The fourth-order valence-electron chi connectivity index (χ4n) is 3.32. The molecular formula is C24H24N2O4S. The first-order chi connectivity index (χ1) is 14.7. The Morgan fingerprint density at radius 3 is 2.19 bits per heavy atom. The standard InChI is InChI=1S/C24H24N2O4S/c1-17-13-14-22(18(2)15-17)26(31(3,29)30)16-23(27)25-21-12-8-7-11-20(21)24(28)19-9-5-4-6-10-19/h4-15H,16H2,1-3H3,(H,25,27). The number of para-hydroxylation sites is 1. The van der Waals surface area contributed by atoms with Gasteiger partial charge >= 0.3 is 0 Å². The molecule has 0 radical (unpaired) electrons. The summed E-state index contributed by atoms with van der Waals surface area (Å²) in [5.41, 5.74) is 3.34. The van der Waals surface area contributed by atoms with Crippen LogP contribution < -0.4 is 9.62 Å². The third-order valence-electron chi connectivity index (χ3n) is 4.79. The molecular weight excluding hydrogens is 412 g/mol. The van der Waals surface area contributed by atoms with Gasteiger partial charge in [-0.15, -0.1) is 0 Å². The second-order valence-electron chi connectivity index (χ2n) is 7.35. The van der Waals surface area contributed by atoms with Gasteiger partial charge in [0.25, 0.3) is 0 Å². The largest absolute Gasteiger partial charge is 0.324 e. The number of benzene rings is 3. The van der Waals surface area contributed by atoms with Crippen LogP contribution in [0.15, 0.2) is 72.8 Å². The molecule has 0 atom stereocenters. The SMILES string of the molecule is Cc1ccc(N(CC(=O)Nc2ccccc2C(=O)c2ccccc2)S(C)(=O)=O)c(C)c1. The summed E-state index contributed by atoms with van der Waals surface area (Å²) in [6.07, 6.45) is 1.06. The highest BCUT2D eigenvalue weighted by Gasteiger charge is 2.23. The molecule has 0 fully saturated rings. The van der Waals surface area contributed by atoms with Crippen molar-refractivity contribution in [3.05, 3.63) is 95.1 Å². The topological polar surface area (TPSA) is 83.6 Å². The molecule has 0 saturated carbocycles. The van der Waals surface area contributed by atoms with Gasteiger partial charge in [-0.05, 0) is 37.6 Å². The number of ketones is 1. The van der Waals surface area contributed by atoms with E-state index in [4.69, 9.17) is 0 Å². The maximum absolute atomic E-state index is 12.9. The summed E-state index contributed by atoms with van der Waals surface area (Å²) in [5, 5.41) is 2.70. The molecule has 0 saturated heterocycles. The molecule has 0 unspecified atom stereocenters. The Kier molecular flexibility index (Phi) is 6.56. The second kappa shape index (κ2) is 9.14. The molecule has 3 rings (SSSR count). The molecule has 0 aliphatic heterocycles. The summed E-state index contributed by atoms with van der Waals surface area (Å²) >= 11 is 0. The van der Waals surface area contributed by atoms with Crippen molar-refractivity contribution in [2.75, 3.05) is 22.4 Å². The van der Waals surface area contributed by atoms with Crippen molar-refractivity contribution in [3.8, 4) is 0 Å². The van der Waals surface area contributed by atoms with E-state index in [1.165, 1.54) is 0 Å². The molecule has 0 spiro atoms. The average molecular weight is 437 g/mol. The predicted octanol–water partition coefficient (Wildman–Crippen LogP) is 3.94. The molecule has 1 amide bonds. The van der Waals surface area contributed by atoms with Crippen molar-refractivity contribution in [1.29, 1.82) is 0 Å². The summed E-state index contributed by atoms with van der Waals surface area (Å²) in [4.78, 5) is 25.7. The minimum absolute atomic E-state index is 0.231. The summed E-state index contributed by atoms with van der Waals surface area (Å²) in [7, 11) is -3.70. The van der Waals surface area contributed by atoms with E-state index >= 15 is 0 Å². The van der Waals surface area contributed by atoms with Crippen LogP contribution in [0.4, 0.5) is 11.4 Å². The molecule has 7 heteroatoms. The lowest BCUT2D eigenvalue weighted by atomic mass is 10.0. The highest BCUT2D eigenvalue weighted by molar-refractivity contribution is 7.92. The van der Waals surface area contributed by atoms with Crippen LogP contribution in [0.1, 0.15) is 27.0 Å². The zero-order valence-electron chi connectivity index (χ0n) is 17.6. The van der Waals surface area contributed by atoms with Gasteiger partial charge in [0.1, 0.15) is 6.54 Å². The lowest BCUT2D eigenvalue weighted by molar-refractivity contribution is -0.114. The normalized spacial score (nSPS) is 11.1. The maximum Gasteiger partial charge on any atom is 0.245 e. The third-order valence-corrected chi connectivity index (χ3v) is 5.92. The Hall–Kier alpha value is -3.45. The Morgan fingerprint density at radius 1 is 0.903 bits per heavy atom. The van der Waals surface area contributed by atoms with Gasteiger partial charge in [0.15, 0.2) is 5.78 Å². The molecule has 1 N–H and O–H groups in total. The third kappa shape index (κ3) is 5.38. The molecule has 160 valence electrons. The van der Waals surface area contributed by atoms with Gasteiger partial charge in [-0.3, -0.25) is 13.9 Å². The molecule has 3 aromatic carbocycles. The van der Waals surface area contributed by atoms with Crippen LogP contribution in [0.2, 0.25) is 0 Å². The van der Waals surface area contributed by atoms with Gasteiger partial charge in [0.2, 0.25) is 15.9 Å². The number of hydrogen-bond donors (Lipinski definition) is 1. The lowest BCUT2D eigenvalue weighted by Crippen LogP contribution is -2.38. The summed E-state index contributed by atoms with van der Waals surface area (Å²) in [6, 6.07) is 20.8. The molecule has 3 aromatic rings. The number of aryl methyl sites for hydroxylation is 2. The Balaban J connectivity index is 1.87. The highest BCUT2D eigenvalue weighted by Crippen LogP contribution is 2.24. The zero-order chi connectivity index (χ0) is 22.6. The zero-order valence-corrected chi connectivity index (χ0v) is 18.4. The number of amides is 1. The summed E-state index contributed by atoms with van der Waals surface area (Å²) in [6.45, 7) is 3.30. The van der Waals surface area contributed by atoms with Crippen molar-refractivity contribution in [2.45, 2.75) is 13.8 Å². The average Bonchev–Trinajstić information content (AvgIpc) is 2.72. The van der Waals surface area contributed by atoms with Crippen LogP contribution in [-0.4, -0.2) is 32.9 Å². The monoisotopic (exact) mass is 436 g/mol. The van der Waals surface area contributed by atoms with Gasteiger partial charge in [0.05, 0.1) is 17.6 Å². The fourth-order valence-corrected chi connectivity index (χ4v) is 4.24. The second-order valence-corrected chi connectivity index (χ2v) is 9.26. The van der Waals surface area contributed by atoms with Crippen molar-refractivity contribution in [1.82, 2.24) is 0 Å². The van der Waals surface area contributed by atoms with Crippen LogP contribution in [-0.2, 0) is 14.8 Å². The highest BCUT2D eigenvalue weighted by atomic mass is 32.2. The molecule has 0 aliphatic carbocycles. The quantitative estimate of drug-likeness (QED) is 0.569. The molecule has 31 heavy (non-hydrogen) atoms. The molecule has 0 aliphatic rings. The first-order valence-electron chi connectivity index (χ1n) is 9.70. The number of sulfonamides is 1. The van der Waals surface area contributed by atoms with E-state index in [-0.39, 0.29) is 5.78 Å². The van der Waals surface area contributed by atoms with Gasteiger partial charge in [-0.25, -0.2) is 8.42 Å². The van der Waals surface area contributed by atoms with E-state index in [0.29, 0.717) is 22.5 Å². The van der Waals surface area contributed by atoms with E-state index in [2.05, 4.69) is 5.32 Å². The summed E-state index contributed by atoms with van der Waals surface area (Å²) in [5.74, 6) is -0.774. The van der Waals surface area contributed by atoms with Crippen molar-refractivity contribution in [2.24, 2.45) is 0 Å². The lowest BCUT2D eigenvalue weighted by Gasteiger charge is -2.24. The van der Waals surface area contributed by atoms with E-state index in [1.54, 1.807) is 67.6 Å². The molecule has 0 heterocycles. The van der Waals surface area contributed by atoms with Crippen molar-refractivity contribution < 1.29 is 18.0 Å². The summed E-state index contributed by atoms with van der Waals surface area (Å²) < 4.78 is 25.9. The number of carbonyl (C=O) groups is 2. The predicted molar refractivity (Wildman–Crippen MR) is 123 cm³/mol. The van der Waals surface area contributed by atoms with Crippen molar-refractivity contribution in [3.63, 3.8) is 0 Å². The fraction of sp³-hybridized carbons (Fsp3) is 0.167. The first kappa shape index (κ1) is 22.2. The molecule has 6 nitrogen and oxygen atoms in total. The Labute approximate surface area is 182 Å².